The second-order valence-electron chi connectivity index (χ2n) is 6.17. The standard InChI is InChI=1S/C13H24N2O3/c1-6-7-8(9(16)17)14-11(18)15-10-12(2,3)13(10,4)5/h8,10H,6-7H2,1-5H3,(H,16,17)(H2,14,15,18). The van der Waals surface area contributed by atoms with Gasteiger partial charge in [0, 0.05) is 6.04 Å². The molecular formula is C13H24N2O3. The molecule has 1 fully saturated rings. The predicted molar refractivity (Wildman–Crippen MR) is 69.3 cm³/mol. The van der Waals surface area contributed by atoms with Crippen LogP contribution >= 0.6 is 0 Å². The molecule has 0 aromatic heterocycles. The van der Waals surface area contributed by atoms with Gasteiger partial charge in [0.25, 0.3) is 0 Å². The van der Waals surface area contributed by atoms with E-state index < -0.39 is 12.0 Å². The summed E-state index contributed by atoms with van der Waals surface area (Å²) in [4.78, 5) is 22.7. The van der Waals surface area contributed by atoms with Crippen molar-refractivity contribution in [1.82, 2.24) is 10.6 Å². The summed E-state index contributed by atoms with van der Waals surface area (Å²) >= 11 is 0. The van der Waals surface area contributed by atoms with Gasteiger partial charge < -0.3 is 15.7 Å². The molecule has 2 amide bonds. The summed E-state index contributed by atoms with van der Waals surface area (Å²) in [7, 11) is 0. The van der Waals surface area contributed by atoms with E-state index >= 15 is 0 Å². The smallest absolute Gasteiger partial charge is 0.326 e. The van der Waals surface area contributed by atoms with Crippen molar-refractivity contribution in [3.8, 4) is 0 Å². The van der Waals surface area contributed by atoms with Crippen molar-refractivity contribution < 1.29 is 14.7 Å². The fraction of sp³-hybridized carbons (Fsp3) is 0.846. The normalized spacial score (nSPS) is 22.1. The van der Waals surface area contributed by atoms with Crippen molar-refractivity contribution in [2.24, 2.45) is 10.8 Å². The minimum absolute atomic E-state index is 0.0494. The SMILES string of the molecule is CCCC(NC(=O)NC1C(C)(C)C1(C)C)C(=O)O. The molecular weight excluding hydrogens is 232 g/mol. The molecule has 1 unspecified atom stereocenters. The lowest BCUT2D eigenvalue weighted by Gasteiger charge is -2.15. The van der Waals surface area contributed by atoms with Crippen LogP contribution in [0.1, 0.15) is 47.5 Å². The highest BCUT2D eigenvalue weighted by molar-refractivity contribution is 5.83. The molecule has 0 aromatic rings. The third kappa shape index (κ3) is 2.60. The third-order valence-electron chi connectivity index (χ3n) is 4.48. The third-order valence-corrected chi connectivity index (χ3v) is 4.48. The van der Waals surface area contributed by atoms with Gasteiger partial charge in [-0.2, -0.15) is 0 Å². The summed E-state index contributed by atoms with van der Waals surface area (Å²) in [5.74, 6) is -0.985. The van der Waals surface area contributed by atoms with E-state index in [-0.39, 0.29) is 22.9 Å². The van der Waals surface area contributed by atoms with Gasteiger partial charge in [-0.15, -0.1) is 0 Å². The van der Waals surface area contributed by atoms with Gasteiger partial charge in [-0.05, 0) is 17.3 Å². The number of rotatable bonds is 5. The van der Waals surface area contributed by atoms with Crippen molar-refractivity contribution >= 4 is 12.0 Å². The lowest BCUT2D eigenvalue weighted by Crippen LogP contribution is -2.47. The van der Waals surface area contributed by atoms with Crippen LogP contribution in [-0.4, -0.2) is 29.2 Å². The number of urea groups is 1. The highest BCUT2D eigenvalue weighted by Crippen LogP contribution is 2.62. The molecule has 1 aliphatic carbocycles. The Morgan fingerprint density at radius 3 is 2.06 bits per heavy atom. The van der Waals surface area contributed by atoms with E-state index in [2.05, 4.69) is 38.3 Å². The summed E-state index contributed by atoms with van der Waals surface area (Å²) in [5, 5.41) is 14.3. The minimum Gasteiger partial charge on any atom is -0.480 e. The largest absolute Gasteiger partial charge is 0.480 e. The van der Waals surface area contributed by atoms with E-state index in [1.54, 1.807) is 0 Å². The van der Waals surface area contributed by atoms with Crippen LogP contribution in [0.2, 0.25) is 0 Å². The Hall–Kier alpha value is -1.26. The number of nitrogens with one attached hydrogen (secondary N) is 2. The van der Waals surface area contributed by atoms with Crippen LogP contribution in [0.15, 0.2) is 0 Å². The van der Waals surface area contributed by atoms with Crippen molar-refractivity contribution in [2.45, 2.75) is 59.5 Å². The highest BCUT2D eigenvalue weighted by Gasteiger charge is 2.65. The van der Waals surface area contributed by atoms with Gasteiger partial charge in [-0.3, -0.25) is 0 Å². The monoisotopic (exact) mass is 256 g/mol. The van der Waals surface area contributed by atoms with Crippen LogP contribution in [0.25, 0.3) is 0 Å². The average molecular weight is 256 g/mol. The Morgan fingerprint density at radius 2 is 1.72 bits per heavy atom. The molecule has 0 bridgehead atoms. The van der Waals surface area contributed by atoms with Crippen LogP contribution < -0.4 is 10.6 Å². The number of hydrogen-bond acceptors (Lipinski definition) is 2. The molecule has 0 heterocycles. The second-order valence-corrected chi connectivity index (χ2v) is 6.17. The first-order valence-electron chi connectivity index (χ1n) is 6.44. The molecule has 1 atom stereocenters. The van der Waals surface area contributed by atoms with Gasteiger partial charge in [0.05, 0.1) is 0 Å². The van der Waals surface area contributed by atoms with Crippen LogP contribution in [0, 0.1) is 10.8 Å². The fourth-order valence-electron chi connectivity index (χ4n) is 2.43. The summed E-state index contributed by atoms with van der Waals surface area (Å²) in [6, 6.07) is -1.11. The maximum Gasteiger partial charge on any atom is 0.326 e. The first-order valence-corrected chi connectivity index (χ1v) is 6.44. The van der Waals surface area contributed by atoms with Crippen LogP contribution in [0.5, 0.6) is 0 Å². The van der Waals surface area contributed by atoms with E-state index in [1.165, 1.54) is 0 Å². The van der Waals surface area contributed by atoms with Gasteiger partial charge in [-0.1, -0.05) is 41.0 Å². The van der Waals surface area contributed by atoms with Crippen LogP contribution in [-0.2, 0) is 4.79 Å². The van der Waals surface area contributed by atoms with Crippen molar-refractivity contribution in [2.75, 3.05) is 0 Å². The zero-order valence-corrected chi connectivity index (χ0v) is 11.8. The number of aliphatic carboxylic acids is 1. The molecule has 0 radical (unpaired) electrons. The molecule has 5 nitrogen and oxygen atoms in total. The average Bonchev–Trinajstić information content (AvgIpc) is 2.60. The Bertz CT molecular complexity index is 336. The zero-order valence-electron chi connectivity index (χ0n) is 11.8. The van der Waals surface area contributed by atoms with Gasteiger partial charge in [-0.25, -0.2) is 9.59 Å². The van der Waals surface area contributed by atoms with E-state index in [0.717, 1.165) is 6.42 Å². The summed E-state index contributed by atoms with van der Waals surface area (Å²) < 4.78 is 0. The molecule has 0 aromatic carbocycles. The molecule has 3 N–H and O–H groups in total. The number of carbonyl (C=O) groups is 2. The van der Waals surface area contributed by atoms with E-state index in [9.17, 15) is 9.59 Å². The molecule has 1 saturated carbocycles. The van der Waals surface area contributed by atoms with Gasteiger partial charge in [0.1, 0.15) is 6.04 Å². The molecule has 0 aliphatic heterocycles. The number of amides is 2. The topological polar surface area (TPSA) is 78.4 Å². The lowest BCUT2D eigenvalue weighted by molar-refractivity contribution is -0.139. The molecule has 0 saturated heterocycles. The van der Waals surface area contributed by atoms with Gasteiger partial charge in [0.2, 0.25) is 0 Å². The van der Waals surface area contributed by atoms with E-state index in [4.69, 9.17) is 5.11 Å². The molecule has 0 spiro atoms. The summed E-state index contributed by atoms with van der Waals surface area (Å²) in [5.41, 5.74) is 0.0988. The first-order chi connectivity index (χ1) is 8.14. The maximum atomic E-state index is 11.8. The Labute approximate surface area is 108 Å². The molecule has 1 rings (SSSR count). The van der Waals surface area contributed by atoms with Crippen molar-refractivity contribution in [1.29, 1.82) is 0 Å². The predicted octanol–water partition coefficient (Wildman–Crippen LogP) is 1.97. The summed E-state index contributed by atoms with van der Waals surface area (Å²) in [6.45, 7) is 10.3. The number of carboxylic acids is 1. The Morgan fingerprint density at radius 1 is 1.22 bits per heavy atom. The maximum absolute atomic E-state index is 11.8. The second kappa shape index (κ2) is 4.78. The highest BCUT2D eigenvalue weighted by atomic mass is 16.4. The fourth-order valence-corrected chi connectivity index (χ4v) is 2.43. The summed E-state index contributed by atoms with van der Waals surface area (Å²) in [6.07, 6.45) is 1.16. The zero-order chi connectivity index (χ0) is 14.1. The van der Waals surface area contributed by atoms with Crippen LogP contribution in [0.4, 0.5) is 4.79 Å². The number of carboxylic acid groups (broad SMARTS) is 1. The van der Waals surface area contributed by atoms with Crippen molar-refractivity contribution in [3.05, 3.63) is 0 Å². The molecule has 18 heavy (non-hydrogen) atoms. The van der Waals surface area contributed by atoms with E-state index in [1.807, 2.05) is 6.92 Å². The number of hydrogen-bond donors (Lipinski definition) is 3. The molecule has 104 valence electrons. The number of carbonyl (C=O) groups excluding carboxylic acids is 1. The van der Waals surface area contributed by atoms with Crippen LogP contribution in [0.3, 0.4) is 0 Å². The quantitative estimate of drug-likeness (QED) is 0.703. The molecule has 1 aliphatic rings. The van der Waals surface area contributed by atoms with Gasteiger partial charge in [0.15, 0.2) is 0 Å². The Balaban J connectivity index is 2.50. The lowest BCUT2D eigenvalue weighted by atomic mass is 10.0. The van der Waals surface area contributed by atoms with E-state index in [0.29, 0.717) is 6.42 Å². The van der Waals surface area contributed by atoms with Crippen molar-refractivity contribution in [3.63, 3.8) is 0 Å². The Kier molecular flexibility index (Phi) is 3.93. The first kappa shape index (κ1) is 14.8. The minimum atomic E-state index is -0.985. The van der Waals surface area contributed by atoms with Gasteiger partial charge >= 0.3 is 12.0 Å². The molecule has 5 heteroatoms.